The van der Waals surface area contributed by atoms with Gasteiger partial charge in [-0.15, -0.1) is 0 Å². The van der Waals surface area contributed by atoms with Crippen molar-refractivity contribution in [1.29, 1.82) is 0 Å². The van der Waals surface area contributed by atoms with E-state index in [0.717, 1.165) is 0 Å². The summed E-state index contributed by atoms with van der Waals surface area (Å²) in [7, 11) is 2.76. The van der Waals surface area contributed by atoms with Gasteiger partial charge >= 0.3 is 5.97 Å². The van der Waals surface area contributed by atoms with Crippen LogP contribution in [0.3, 0.4) is 0 Å². The topological polar surface area (TPSA) is 73.9 Å². The molecule has 0 aromatic heterocycles. The van der Waals surface area contributed by atoms with Gasteiger partial charge in [-0.2, -0.15) is 0 Å². The van der Waals surface area contributed by atoms with Crippen LogP contribution in [0, 0.1) is 5.82 Å². The summed E-state index contributed by atoms with van der Waals surface area (Å²) in [5.74, 6) is -1.38. The summed E-state index contributed by atoms with van der Waals surface area (Å²) in [6, 6.07) is 4.83. The molecule has 1 aromatic rings. The number of halogens is 1. The van der Waals surface area contributed by atoms with Crippen LogP contribution in [0.2, 0.25) is 0 Å². The van der Waals surface area contributed by atoms with Crippen LogP contribution in [0.4, 0.5) is 4.39 Å². The normalized spacial score (nSPS) is 11.8. The average molecular weight is 313 g/mol. The van der Waals surface area contributed by atoms with Gasteiger partial charge in [0.1, 0.15) is 18.5 Å². The number of amides is 1. The van der Waals surface area contributed by atoms with E-state index in [1.54, 1.807) is 12.1 Å². The zero-order valence-electron chi connectivity index (χ0n) is 12.6. The predicted molar refractivity (Wildman–Crippen MR) is 76.7 cm³/mol. The Morgan fingerprint density at radius 2 is 1.86 bits per heavy atom. The van der Waals surface area contributed by atoms with Crippen LogP contribution >= 0.6 is 0 Å². The number of hydrogen-bond acceptors (Lipinski definition) is 5. The maximum Gasteiger partial charge on any atom is 0.328 e. The lowest BCUT2D eigenvalue weighted by Gasteiger charge is -2.16. The monoisotopic (exact) mass is 313 g/mol. The molecule has 22 heavy (non-hydrogen) atoms. The maximum absolute atomic E-state index is 12.9. The molecule has 1 N–H and O–H groups in total. The van der Waals surface area contributed by atoms with Crippen LogP contribution in [0.5, 0.6) is 0 Å². The third kappa shape index (κ3) is 6.64. The van der Waals surface area contributed by atoms with Crippen molar-refractivity contribution in [2.24, 2.45) is 0 Å². The van der Waals surface area contributed by atoms with E-state index in [9.17, 15) is 14.0 Å². The van der Waals surface area contributed by atoms with E-state index in [1.807, 2.05) is 0 Å². The number of benzene rings is 1. The van der Waals surface area contributed by atoms with Crippen LogP contribution < -0.4 is 5.32 Å². The van der Waals surface area contributed by atoms with Crippen molar-refractivity contribution < 1.29 is 28.2 Å². The van der Waals surface area contributed by atoms with E-state index in [2.05, 4.69) is 10.1 Å². The quantitative estimate of drug-likeness (QED) is 0.536. The van der Waals surface area contributed by atoms with Gasteiger partial charge in [-0.25, -0.2) is 9.18 Å². The van der Waals surface area contributed by atoms with Crippen LogP contribution in [0.25, 0.3) is 0 Å². The van der Waals surface area contributed by atoms with Crippen molar-refractivity contribution in [2.45, 2.75) is 12.5 Å². The van der Waals surface area contributed by atoms with Gasteiger partial charge in [0.2, 0.25) is 5.91 Å². The van der Waals surface area contributed by atoms with Crippen LogP contribution in [0.1, 0.15) is 5.56 Å². The standard InChI is InChI=1S/C15H20FNO5/c1-20-7-8-22-10-14(18)17-13(15(19)21-2)9-11-3-5-12(16)6-4-11/h3-6,13H,7-10H2,1-2H3,(H,17,18)/t13-/m0/s1. The first-order chi connectivity index (χ1) is 10.6. The lowest BCUT2D eigenvalue weighted by atomic mass is 10.1. The molecule has 0 fully saturated rings. The molecule has 1 amide bonds. The maximum atomic E-state index is 12.9. The number of esters is 1. The fourth-order valence-electron chi connectivity index (χ4n) is 1.73. The molecule has 122 valence electrons. The van der Waals surface area contributed by atoms with E-state index < -0.39 is 17.9 Å². The molecule has 0 spiro atoms. The van der Waals surface area contributed by atoms with Crippen molar-refractivity contribution in [2.75, 3.05) is 34.0 Å². The van der Waals surface area contributed by atoms with Gasteiger partial charge in [0, 0.05) is 13.5 Å². The largest absolute Gasteiger partial charge is 0.467 e. The summed E-state index contributed by atoms with van der Waals surface area (Å²) >= 11 is 0. The van der Waals surface area contributed by atoms with Crippen molar-refractivity contribution in [3.05, 3.63) is 35.6 Å². The van der Waals surface area contributed by atoms with E-state index in [-0.39, 0.29) is 25.5 Å². The summed E-state index contributed by atoms with van der Waals surface area (Å²) in [5.41, 5.74) is 0.706. The Balaban J connectivity index is 2.55. The molecule has 0 aliphatic heterocycles. The molecule has 0 bridgehead atoms. The molecule has 1 atom stereocenters. The van der Waals surface area contributed by atoms with Gasteiger partial charge in [-0.05, 0) is 17.7 Å². The minimum absolute atomic E-state index is 0.180. The molecule has 6 nitrogen and oxygen atoms in total. The summed E-state index contributed by atoms with van der Waals surface area (Å²) in [5, 5.41) is 2.53. The summed E-state index contributed by atoms with van der Waals surface area (Å²) in [6.07, 6.45) is 0.205. The van der Waals surface area contributed by atoms with Crippen molar-refractivity contribution in [3.63, 3.8) is 0 Å². The first-order valence-corrected chi connectivity index (χ1v) is 6.75. The highest BCUT2D eigenvalue weighted by Crippen LogP contribution is 2.07. The summed E-state index contributed by atoms with van der Waals surface area (Å²) in [4.78, 5) is 23.5. The molecule has 0 saturated carbocycles. The SMILES string of the molecule is COCCOCC(=O)N[C@@H](Cc1ccc(F)cc1)C(=O)OC. The highest BCUT2D eigenvalue weighted by Gasteiger charge is 2.21. The number of carbonyl (C=O) groups excluding carboxylic acids is 2. The van der Waals surface area contributed by atoms with Crippen molar-refractivity contribution in [3.8, 4) is 0 Å². The highest BCUT2D eigenvalue weighted by atomic mass is 19.1. The first kappa shape index (κ1) is 18.1. The van der Waals surface area contributed by atoms with Crippen molar-refractivity contribution in [1.82, 2.24) is 5.32 Å². The molecule has 1 rings (SSSR count). The second-order valence-corrected chi connectivity index (χ2v) is 4.52. The Morgan fingerprint density at radius 3 is 2.45 bits per heavy atom. The Morgan fingerprint density at radius 1 is 1.18 bits per heavy atom. The van der Waals surface area contributed by atoms with E-state index >= 15 is 0 Å². The number of nitrogens with one attached hydrogen (secondary N) is 1. The van der Waals surface area contributed by atoms with E-state index in [4.69, 9.17) is 9.47 Å². The number of ether oxygens (including phenoxy) is 3. The highest BCUT2D eigenvalue weighted by molar-refractivity contribution is 5.85. The van der Waals surface area contributed by atoms with Crippen LogP contribution in [-0.2, 0) is 30.2 Å². The number of hydrogen-bond donors (Lipinski definition) is 1. The number of rotatable bonds is 9. The van der Waals surface area contributed by atoms with Gasteiger partial charge in [-0.1, -0.05) is 12.1 Å². The minimum atomic E-state index is -0.853. The fourth-order valence-corrected chi connectivity index (χ4v) is 1.73. The molecule has 0 radical (unpaired) electrons. The van der Waals surface area contributed by atoms with E-state index in [1.165, 1.54) is 26.4 Å². The molecule has 0 saturated heterocycles. The van der Waals surface area contributed by atoms with Gasteiger partial charge in [0.05, 0.1) is 20.3 Å². The molecule has 7 heteroatoms. The molecule has 0 aliphatic rings. The lowest BCUT2D eigenvalue weighted by Crippen LogP contribution is -2.44. The Hall–Kier alpha value is -1.99. The second-order valence-electron chi connectivity index (χ2n) is 4.52. The van der Waals surface area contributed by atoms with Crippen LogP contribution in [-0.4, -0.2) is 52.0 Å². The van der Waals surface area contributed by atoms with Gasteiger partial charge in [0.15, 0.2) is 0 Å². The molecular weight excluding hydrogens is 293 g/mol. The Bertz CT molecular complexity index is 477. The molecule has 0 aliphatic carbocycles. The molecule has 1 aromatic carbocycles. The van der Waals surface area contributed by atoms with Gasteiger partial charge < -0.3 is 19.5 Å². The molecule has 0 unspecified atom stereocenters. The zero-order valence-corrected chi connectivity index (χ0v) is 12.6. The summed E-state index contributed by atoms with van der Waals surface area (Å²) < 4.78 is 27.4. The lowest BCUT2D eigenvalue weighted by molar-refractivity contribution is -0.145. The Kier molecular flexibility index (Phi) is 8.09. The van der Waals surface area contributed by atoms with Crippen LogP contribution in [0.15, 0.2) is 24.3 Å². The molecular formula is C15H20FNO5. The second kappa shape index (κ2) is 9.86. The third-order valence-electron chi connectivity index (χ3n) is 2.84. The smallest absolute Gasteiger partial charge is 0.328 e. The van der Waals surface area contributed by atoms with Crippen molar-refractivity contribution >= 4 is 11.9 Å². The minimum Gasteiger partial charge on any atom is -0.467 e. The molecule has 0 heterocycles. The third-order valence-corrected chi connectivity index (χ3v) is 2.84. The summed E-state index contributed by atoms with van der Waals surface area (Å²) in [6.45, 7) is 0.480. The number of carbonyl (C=O) groups is 2. The number of methoxy groups -OCH3 is 2. The van der Waals surface area contributed by atoms with E-state index in [0.29, 0.717) is 12.2 Å². The fraction of sp³-hybridized carbons (Fsp3) is 0.467. The first-order valence-electron chi connectivity index (χ1n) is 6.75. The predicted octanol–water partition coefficient (Wildman–Crippen LogP) is 0.689. The van der Waals surface area contributed by atoms with Gasteiger partial charge in [-0.3, -0.25) is 4.79 Å². The Labute approximate surface area is 128 Å². The van der Waals surface area contributed by atoms with Gasteiger partial charge in [0.25, 0.3) is 0 Å². The zero-order chi connectivity index (χ0) is 16.4. The average Bonchev–Trinajstić information content (AvgIpc) is 2.52.